The largest absolute Gasteiger partial charge is 0.351 e. The molecule has 8 heteroatoms. The SMILES string of the molecule is CC(C(=O)NC(N)=O)N1CCNCC1.Cl.Cl. The van der Waals surface area contributed by atoms with Crippen LogP contribution in [-0.4, -0.2) is 49.1 Å². The second-order valence-electron chi connectivity index (χ2n) is 3.32. The summed E-state index contributed by atoms with van der Waals surface area (Å²) < 4.78 is 0. The number of carbonyl (C=O) groups excluding carboxylic acids is 2. The molecule has 1 rings (SSSR count). The minimum Gasteiger partial charge on any atom is -0.351 e. The third-order valence-electron chi connectivity index (χ3n) is 2.33. The van der Waals surface area contributed by atoms with Gasteiger partial charge in [0, 0.05) is 26.2 Å². The van der Waals surface area contributed by atoms with Crippen LogP contribution in [0.2, 0.25) is 0 Å². The second-order valence-corrected chi connectivity index (χ2v) is 3.32. The number of rotatable bonds is 2. The highest BCUT2D eigenvalue weighted by molar-refractivity contribution is 5.96. The maximum absolute atomic E-state index is 11.4. The molecule has 1 atom stereocenters. The first-order valence-electron chi connectivity index (χ1n) is 4.66. The average Bonchev–Trinajstić information content (AvgIpc) is 2.17. The van der Waals surface area contributed by atoms with E-state index >= 15 is 0 Å². The van der Waals surface area contributed by atoms with Crippen molar-refractivity contribution in [3.8, 4) is 0 Å². The van der Waals surface area contributed by atoms with E-state index in [1.165, 1.54) is 0 Å². The average molecular weight is 273 g/mol. The monoisotopic (exact) mass is 272 g/mol. The number of nitrogens with two attached hydrogens (primary N) is 1. The molecule has 0 aromatic heterocycles. The van der Waals surface area contributed by atoms with Gasteiger partial charge < -0.3 is 11.1 Å². The predicted molar refractivity (Wildman–Crippen MR) is 66.1 cm³/mol. The van der Waals surface area contributed by atoms with Gasteiger partial charge in [-0.3, -0.25) is 15.0 Å². The number of primary amides is 1. The summed E-state index contributed by atoms with van der Waals surface area (Å²) in [4.78, 5) is 23.8. The van der Waals surface area contributed by atoms with E-state index in [4.69, 9.17) is 5.73 Å². The number of hydrogen-bond acceptors (Lipinski definition) is 4. The van der Waals surface area contributed by atoms with Crippen molar-refractivity contribution >= 4 is 36.8 Å². The highest BCUT2D eigenvalue weighted by Gasteiger charge is 2.23. The lowest BCUT2D eigenvalue weighted by Gasteiger charge is -2.31. The minimum atomic E-state index is -0.794. The van der Waals surface area contributed by atoms with Gasteiger partial charge in [0.1, 0.15) is 0 Å². The summed E-state index contributed by atoms with van der Waals surface area (Å²) in [7, 11) is 0. The fourth-order valence-corrected chi connectivity index (χ4v) is 1.46. The Kier molecular flexibility index (Phi) is 9.55. The van der Waals surface area contributed by atoms with E-state index in [-0.39, 0.29) is 36.8 Å². The molecule has 1 fully saturated rings. The molecule has 1 aliphatic heterocycles. The smallest absolute Gasteiger partial charge is 0.318 e. The number of piperazine rings is 1. The first-order chi connectivity index (χ1) is 6.61. The molecule has 0 saturated carbocycles. The number of hydrogen-bond donors (Lipinski definition) is 3. The van der Waals surface area contributed by atoms with Crippen molar-refractivity contribution in [2.75, 3.05) is 26.2 Å². The van der Waals surface area contributed by atoms with E-state index in [1.54, 1.807) is 6.92 Å². The van der Waals surface area contributed by atoms with E-state index in [0.29, 0.717) is 0 Å². The zero-order valence-corrected chi connectivity index (χ0v) is 10.7. The Balaban J connectivity index is 0. The number of carbonyl (C=O) groups is 2. The molecular formula is C8H18Cl2N4O2. The van der Waals surface area contributed by atoms with Crippen molar-refractivity contribution in [3.05, 3.63) is 0 Å². The molecule has 16 heavy (non-hydrogen) atoms. The van der Waals surface area contributed by atoms with Gasteiger partial charge in [-0.25, -0.2) is 4.79 Å². The normalized spacial score (nSPS) is 17.6. The van der Waals surface area contributed by atoms with E-state index in [2.05, 4.69) is 10.6 Å². The zero-order chi connectivity index (χ0) is 10.6. The number of amides is 3. The predicted octanol–water partition coefficient (Wildman–Crippen LogP) is -0.681. The third kappa shape index (κ3) is 5.50. The van der Waals surface area contributed by atoms with Crippen LogP contribution < -0.4 is 16.4 Å². The Labute approximate surface area is 107 Å². The van der Waals surface area contributed by atoms with Crippen LogP contribution in [0.1, 0.15) is 6.92 Å². The van der Waals surface area contributed by atoms with Gasteiger partial charge in [-0.05, 0) is 6.92 Å². The third-order valence-corrected chi connectivity index (χ3v) is 2.33. The summed E-state index contributed by atoms with van der Waals surface area (Å²) in [5.74, 6) is -0.334. The molecule has 1 heterocycles. The van der Waals surface area contributed by atoms with Gasteiger partial charge in [0.25, 0.3) is 0 Å². The van der Waals surface area contributed by atoms with E-state index < -0.39 is 6.03 Å². The minimum absolute atomic E-state index is 0. The fourth-order valence-electron chi connectivity index (χ4n) is 1.46. The number of nitrogens with one attached hydrogen (secondary N) is 2. The van der Waals surface area contributed by atoms with Crippen molar-refractivity contribution in [2.45, 2.75) is 13.0 Å². The van der Waals surface area contributed by atoms with Crippen LogP contribution in [0.5, 0.6) is 0 Å². The van der Waals surface area contributed by atoms with Crippen LogP contribution in [0.15, 0.2) is 0 Å². The molecule has 0 aromatic rings. The first-order valence-corrected chi connectivity index (χ1v) is 4.66. The van der Waals surface area contributed by atoms with Gasteiger partial charge in [0.05, 0.1) is 6.04 Å². The molecule has 4 N–H and O–H groups in total. The van der Waals surface area contributed by atoms with Crippen molar-refractivity contribution in [1.82, 2.24) is 15.5 Å². The van der Waals surface area contributed by atoms with Gasteiger partial charge in [-0.2, -0.15) is 0 Å². The second kappa shape index (κ2) is 8.58. The molecule has 0 bridgehead atoms. The van der Waals surface area contributed by atoms with Crippen molar-refractivity contribution in [1.29, 1.82) is 0 Å². The molecule has 0 aromatic carbocycles. The van der Waals surface area contributed by atoms with Crippen molar-refractivity contribution in [3.63, 3.8) is 0 Å². The Morgan fingerprint density at radius 2 is 1.81 bits per heavy atom. The van der Waals surface area contributed by atoms with Crippen molar-refractivity contribution < 1.29 is 9.59 Å². The molecular weight excluding hydrogens is 255 g/mol. The standard InChI is InChI=1S/C8H16N4O2.2ClH/c1-6(7(13)11-8(9)14)12-4-2-10-3-5-12;;/h6,10H,2-5H2,1H3,(H3,9,11,13,14);2*1H. The van der Waals surface area contributed by atoms with Crippen LogP contribution >= 0.6 is 24.8 Å². The van der Waals surface area contributed by atoms with Crippen LogP contribution in [0.25, 0.3) is 0 Å². The molecule has 3 amide bonds. The zero-order valence-electron chi connectivity index (χ0n) is 9.06. The van der Waals surface area contributed by atoms with Gasteiger partial charge in [0.2, 0.25) is 5.91 Å². The topological polar surface area (TPSA) is 87.5 Å². The summed E-state index contributed by atoms with van der Waals surface area (Å²) in [5, 5.41) is 5.26. The van der Waals surface area contributed by atoms with Crippen LogP contribution in [-0.2, 0) is 4.79 Å². The van der Waals surface area contributed by atoms with Gasteiger partial charge in [-0.1, -0.05) is 0 Å². The number of nitrogens with zero attached hydrogens (tertiary/aromatic N) is 1. The molecule has 0 aliphatic carbocycles. The summed E-state index contributed by atoms with van der Waals surface area (Å²) in [6.07, 6.45) is 0. The maximum Gasteiger partial charge on any atom is 0.318 e. The van der Waals surface area contributed by atoms with Gasteiger partial charge in [0.15, 0.2) is 0 Å². The number of urea groups is 1. The van der Waals surface area contributed by atoms with E-state index in [0.717, 1.165) is 26.2 Å². The lowest BCUT2D eigenvalue weighted by molar-refractivity contribution is -0.124. The molecule has 6 nitrogen and oxygen atoms in total. The first kappa shape index (κ1) is 17.8. The van der Waals surface area contributed by atoms with E-state index in [9.17, 15) is 9.59 Å². The number of imide groups is 1. The van der Waals surface area contributed by atoms with Crippen LogP contribution in [0.3, 0.4) is 0 Å². The maximum atomic E-state index is 11.4. The molecule has 96 valence electrons. The summed E-state index contributed by atoms with van der Waals surface area (Å²) in [6, 6.07) is -1.10. The Morgan fingerprint density at radius 3 is 2.25 bits per heavy atom. The number of halogens is 2. The molecule has 0 spiro atoms. The molecule has 1 aliphatic rings. The fraction of sp³-hybridized carbons (Fsp3) is 0.750. The Morgan fingerprint density at radius 1 is 1.31 bits per heavy atom. The van der Waals surface area contributed by atoms with Gasteiger partial charge in [-0.15, -0.1) is 24.8 Å². The Hall–Kier alpha value is -0.560. The van der Waals surface area contributed by atoms with Crippen molar-refractivity contribution in [2.24, 2.45) is 5.73 Å². The Bertz CT molecular complexity index is 234. The van der Waals surface area contributed by atoms with Crippen LogP contribution in [0.4, 0.5) is 4.79 Å². The van der Waals surface area contributed by atoms with Gasteiger partial charge >= 0.3 is 6.03 Å². The summed E-state index contributed by atoms with van der Waals surface area (Å²) >= 11 is 0. The van der Waals surface area contributed by atoms with E-state index in [1.807, 2.05) is 4.90 Å². The molecule has 1 unspecified atom stereocenters. The van der Waals surface area contributed by atoms with Crippen LogP contribution in [0, 0.1) is 0 Å². The highest BCUT2D eigenvalue weighted by Crippen LogP contribution is 2.00. The summed E-state index contributed by atoms with van der Waals surface area (Å²) in [5.41, 5.74) is 4.86. The lowest BCUT2D eigenvalue weighted by atomic mass is 10.2. The summed E-state index contributed by atoms with van der Waals surface area (Å²) in [6.45, 7) is 5.13. The highest BCUT2D eigenvalue weighted by atomic mass is 35.5. The quantitative estimate of drug-likeness (QED) is 0.622. The lowest BCUT2D eigenvalue weighted by Crippen LogP contribution is -2.54. The molecule has 1 saturated heterocycles. The molecule has 0 radical (unpaired) electrons.